The first kappa shape index (κ1) is 11.1. The van der Waals surface area contributed by atoms with Crippen molar-refractivity contribution in [2.75, 3.05) is 0 Å². The van der Waals surface area contributed by atoms with E-state index in [4.69, 9.17) is 5.73 Å². The molecular formula is C13H18N2O. The van der Waals surface area contributed by atoms with E-state index in [0.717, 1.165) is 24.1 Å². The maximum absolute atomic E-state index is 12.0. The van der Waals surface area contributed by atoms with Crippen LogP contribution < -0.4 is 5.73 Å². The molecule has 16 heavy (non-hydrogen) atoms. The number of nitrogens with two attached hydrogens (primary N) is 1. The fourth-order valence-corrected chi connectivity index (χ4v) is 2.03. The van der Waals surface area contributed by atoms with Gasteiger partial charge in [-0.1, -0.05) is 26.8 Å². The van der Waals surface area contributed by atoms with E-state index in [-0.39, 0.29) is 17.1 Å². The van der Waals surface area contributed by atoms with Gasteiger partial charge in [0.05, 0.1) is 5.70 Å². The summed E-state index contributed by atoms with van der Waals surface area (Å²) < 4.78 is 0. The van der Waals surface area contributed by atoms with Crippen LogP contribution in [0, 0.1) is 11.3 Å². The van der Waals surface area contributed by atoms with Gasteiger partial charge in [0.2, 0.25) is 0 Å². The second kappa shape index (κ2) is 3.58. The molecule has 0 amide bonds. The van der Waals surface area contributed by atoms with Crippen molar-refractivity contribution < 1.29 is 4.79 Å². The number of rotatable bonds is 0. The molecular weight excluding hydrogens is 200 g/mol. The molecule has 2 aliphatic rings. The highest BCUT2D eigenvalue weighted by atomic mass is 16.1. The van der Waals surface area contributed by atoms with Crippen LogP contribution in [0.5, 0.6) is 0 Å². The highest BCUT2D eigenvalue weighted by Crippen LogP contribution is 2.34. The Kier molecular flexibility index (Phi) is 2.49. The predicted octanol–water partition coefficient (Wildman–Crippen LogP) is 2.19. The molecule has 1 heterocycles. The zero-order chi connectivity index (χ0) is 11.9. The van der Waals surface area contributed by atoms with E-state index in [9.17, 15) is 4.79 Å². The summed E-state index contributed by atoms with van der Waals surface area (Å²) in [4.78, 5) is 16.4. The van der Waals surface area contributed by atoms with Gasteiger partial charge in [-0.25, -0.2) is 4.99 Å². The third-order valence-corrected chi connectivity index (χ3v) is 3.50. The molecule has 3 heteroatoms. The Labute approximate surface area is 96.1 Å². The highest BCUT2D eigenvalue weighted by Gasteiger charge is 2.31. The van der Waals surface area contributed by atoms with Crippen molar-refractivity contribution in [3.05, 3.63) is 23.4 Å². The first-order chi connectivity index (χ1) is 7.42. The summed E-state index contributed by atoms with van der Waals surface area (Å²) in [6.07, 6.45) is 5.49. The van der Waals surface area contributed by atoms with Crippen LogP contribution in [0.4, 0.5) is 0 Å². The molecule has 0 fully saturated rings. The number of carbonyl (C=O) groups excluding carboxylic acids is 1. The summed E-state index contributed by atoms with van der Waals surface area (Å²) in [6.45, 7) is 6.07. The number of ketones is 1. The Morgan fingerprint density at radius 1 is 1.50 bits per heavy atom. The van der Waals surface area contributed by atoms with Crippen LogP contribution in [0.1, 0.15) is 33.6 Å². The van der Waals surface area contributed by atoms with Crippen molar-refractivity contribution in [3.63, 3.8) is 0 Å². The first-order valence-corrected chi connectivity index (χ1v) is 5.72. The van der Waals surface area contributed by atoms with Crippen molar-refractivity contribution in [1.29, 1.82) is 0 Å². The molecule has 1 aliphatic heterocycles. The van der Waals surface area contributed by atoms with Gasteiger partial charge < -0.3 is 5.73 Å². The van der Waals surface area contributed by atoms with E-state index in [2.05, 4.69) is 18.8 Å². The Hall–Kier alpha value is -1.38. The smallest absolute Gasteiger partial charge is 0.167 e. The summed E-state index contributed by atoms with van der Waals surface area (Å²) in [5.41, 5.74) is 7.47. The minimum atomic E-state index is -0.116. The molecule has 2 rings (SSSR count). The van der Waals surface area contributed by atoms with E-state index < -0.39 is 0 Å². The molecule has 0 radical (unpaired) electrons. The molecule has 1 aliphatic carbocycles. The van der Waals surface area contributed by atoms with Crippen LogP contribution in [-0.2, 0) is 4.79 Å². The number of allylic oxidation sites excluding steroid dienone is 3. The predicted molar refractivity (Wildman–Crippen MR) is 65.0 cm³/mol. The van der Waals surface area contributed by atoms with Crippen molar-refractivity contribution >= 4 is 11.6 Å². The van der Waals surface area contributed by atoms with Crippen LogP contribution in [0.15, 0.2) is 28.4 Å². The van der Waals surface area contributed by atoms with Crippen LogP contribution in [0.25, 0.3) is 0 Å². The Balaban J connectivity index is 2.43. The average Bonchev–Trinajstić information content (AvgIpc) is 2.32. The molecule has 1 atom stereocenters. The summed E-state index contributed by atoms with van der Waals surface area (Å²) in [6, 6.07) is 0. The quantitative estimate of drug-likeness (QED) is 0.677. The zero-order valence-corrected chi connectivity index (χ0v) is 10.1. The van der Waals surface area contributed by atoms with Crippen molar-refractivity contribution in [2.24, 2.45) is 22.1 Å². The lowest BCUT2D eigenvalue weighted by Gasteiger charge is -2.21. The van der Waals surface area contributed by atoms with Gasteiger partial charge in [0, 0.05) is 16.9 Å². The topological polar surface area (TPSA) is 55.4 Å². The lowest BCUT2D eigenvalue weighted by molar-refractivity contribution is -0.117. The average molecular weight is 218 g/mol. The summed E-state index contributed by atoms with van der Waals surface area (Å²) in [7, 11) is 0. The summed E-state index contributed by atoms with van der Waals surface area (Å²) >= 11 is 0. The van der Waals surface area contributed by atoms with Crippen LogP contribution in [-0.4, -0.2) is 11.6 Å². The van der Waals surface area contributed by atoms with Crippen LogP contribution in [0.2, 0.25) is 0 Å². The third kappa shape index (κ3) is 1.70. The van der Waals surface area contributed by atoms with Gasteiger partial charge in [0.1, 0.15) is 5.84 Å². The molecule has 0 aromatic rings. The second-order valence-electron chi connectivity index (χ2n) is 5.26. The molecule has 86 valence electrons. The monoisotopic (exact) mass is 218 g/mol. The first-order valence-electron chi connectivity index (χ1n) is 5.72. The Morgan fingerprint density at radius 3 is 2.88 bits per heavy atom. The fraction of sp³-hybridized carbons (Fsp3) is 0.538. The summed E-state index contributed by atoms with van der Waals surface area (Å²) in [5.74, 6) is 0.813. The van der Waals surface area contributed by atoms with Gasteiger partial charge in [0.15, 0.2) is 5.78 Å². The number of hydrogen-bond acceptors (Lipinski definition) is 3. The lowest BCUT2D eigenvalue weighted by atomic mass is 9.83. The van der Waals surface area contributed by atoms with E-state index in [1.165, 1.54) is 0 Å². The van der Waals surface area contributed by atoms with Gasteiger partial charge in [0.25, 0.3) is 0 Å². The number of amidine groups is 1. The minimum absolute atomic E-state index is 0.0172. The molecule has 3 nitrogen and oxygen atoms in total. The SMILES string of the molecule is CC1C=CC2=C(CCC(C)(C)C(N)=N2)C1=O. The highest BCUT2D eigenvalue weighted by molar-refractivity contribution is 6.01. The number of hydrogen-bond donors (Lipinski definition) is 1. The van der Waals surface area contributed by atoms with Crippen molar-refractivity contribution in [2.45, 2.75) is 33.6 Å². The molecule has 1 unspecified atom stereocenters. The minimum Gasteiger partial charge on any atom is -0.387 e. The third-order valence-electron chi connectivity index (χ3n) is 3.50. The van der Waals surface area contributed by atoms with Crippen LogP contribution in [0.3, 0.4) is 0 Å². The zero-order valence-electron chi connectivity index (χ0n) is 10.1. The maximum Gasteiger partial charge on any atom is 0.167 e. The molecule has 0 saturated heterocycles. The van der Waals surface area contributed by atoms with Gasteiger partial charge in [-0.05, 0) is 18.9 Å². The van der Waals surface area contributed by atoms with Gasteiger partial charge in [-0.15, -0.1) is 0 Å². The lowest BCUT2D eigenvalue weighted by Crippen LogP contribution is -2.31. The van der Waals surface area contributed by atoms with Gasteiger partial charge >= 0.3 is 0 Å². The van der Waals surface area contributed by atoms with Crippen LogP contribution >= 0.6 is 0 Å². The molecule has 0 saturated carbocycles. The fourth-order valence-electron chi connectivity index (χ4n) is 2.03. The van der Waals surface area contributed by atoms with Gasteiger partial charge in [-0.2, -0.15) is 0 Å². The standard InChI is InChI=1S/C13H18N2O/c1-8-4-5-10-9(11(8)16)6-7-13(2,3)12(14)15-10/h4-5,8H,6-7H2,1-3H3,(H2,14,15). The second-order valence-corrected chi connectivity index (χ2v) is 5.26. The summed E-state index contributed by atoms with van der Waals surface area (Å²) in [5, 5.41) is 0. The maximum atomic E-state index is 12.0. The largest absolute Gasteiger partial charge is 0.387 e. The van der Waals surface area contributed by atoms with E-state index in [0.29, 0.717) is 5.84 Å². The van der Waals surface area contributed by atoms with Crippen molar-refractivity contribution in [1.82, 2.24) is 0 Å². The number of carbonyl (C=O) groups is 1. The molecule has 0 aromatic heterocycles. The molecule has 0 bridgehead atoms. The van der Waals surface area contributed by atoms with E-state index in [1.54, 1.807) is 0 Å². The molecule has 0 aromatic carbocycles. The van der Waals surface area contributed by atoms with Gasteiger partial charge in [-0.3, -0.25) is 4.79 Å². The normalized spacial score (nSPS) is 28.6. The van der Waals surface area contributed by atoms with E-state index >= 15 is 0 Å². The van der Waals surface area contributed by atoms with E-state index in [1.807, 2.05) is 19.1 Å². The number of aliphatic imine (C=N–C) groups is 1. The Bertz CT molecular complexity index is 427. The number of nitrogens with zero attached hydrogens (tertiary/aromatic N) is 1. The van der Waals surface area contributed by atoms with Crippen molar-refractivity contribution in [3.8, 4) is 0 Å². The molecule has 2 N–H and O–H groups in total. The Morgan fingerprint density at radius 2 is 2.19 bits per heavy atom. The number of Topliss-reactive ketones (excluding diaryl/α,β-unsaturated/α-hetero) is 1. The molecule has 0 spiro atoms.